The first kappa shape index (κ1) is 14.8. The van der Waals surface area contributed by atoms with Crippen LogP contribution in [0.3, 0.4) is 0 Å². The number of benzene rings is 2. The zero-order valence-corrected chi connectivity index (χ0v) is 12.8. The van der Waals surface area contributed by atoms with Gasteiger partial charge in [0.05, 0.1) is 6.54 Å². The Morgan fingerprint density at radius 2 is 1.73 bits per heavy atom. The molecular formula is C19H23N2O+. The van der Waals surface area contributed by atoms with Crippen LogP contribution in [0.15, 0.2) is 54.6 Å². The molecule has 2 aromatic carbocycles. The van der Waals surface area contributed by atoms with Gasteiger partial charge in [0.2, 0.25) is 0 Å². The van der Waals surface area contributed by atoms with Gasteiger partial charge in [0, 0.05) is 18.5 Å². The molecule has 1 amide bonds. The molecule has 0 aromatic heterocycles. The quantitative estimate of drug-likeness (QED) is 0.847. The molecule has 1 heterocycles. The Labute approximate surface area is 132 Å². The van der Waals surface area contributed by atoms with Gasteiger partial charge in [0.1, 0.15) is 6.54 Å². The maximum absolute atomic E-state index is 12.1. The van der Waals surface area contributed by atoms with E-state index < -0.39 is 0 Å². The van der Waals surface area contributed by atoms with Crippen molar-refractivity contribution in [3.05, 3.63) is 71.3 Å². The van der Waals surface area contributed by atoms with E-state index in [-0.39, 0.29) is 5.91 Å². The summed E-state index contributed by atoms with van der Waals surface area (Å²) in [5.41, 5.74) is 4.10. The number of hydrogen-bond donors (Lipinski definition) is 2. The predicted octanol–water partition coefficient (Wildman–Crippen LogP) is 0.987. The van der Waals surface area contributed by atoms with Crippen LogP contribution in [0.5, 0.6) is 0 Å². The molecule has 0 fully saturated rings. The Bertz CT molecular complexity index is 624. The Kier molecular flexibility index (Phi) is 4.86. The highest BCUT2D eigenvalue weighted by molar-refractivity contribution is 5.76. The van der Waals surface area contributed by atoms with Gasteiger partial charge in [-0.3, -0.25) is 4.79 Å². The summed E-state index contributed by atoms with van der Waals surface area (Å²) in [6.45, 7) is 3.29. The molecule has 1 unspecified atom stereocenters. The molecular weight excluding hydrogens is 272 g/mol. The fourth-order valence-electron chi connectivity index (χ4n) is 3.07. The lowest BCUT2D eigenvalue weighted by Crippen LogP contribution is -3.12. The number of fused-ring (bicyclic) bond motifs is 1. The molecule has 0 saturated heterocycles. The third-order valence-corrected chi connectivity index (χ3v) is 4.30. The Morgan fingerprint density at radius 1 is 1.00 bits per heavy atom. The van der Waals surface area contributed by atoms with Crippen LogP contribution in [-0.2, 0) is 24.2 Å². The fraction of sp³-hybridized carbons (Fsp3) is 0.316. The van der Waals surface area contributed by atoms with E-state index >= 15 is 0 Å². The predicted molar refractivity (Wildman–Crippen MR) is 87.7 cm³/mol. The number of carbonyl (C=O) groups is 1. The second kappa shape index (κ2) is 7.23. The van der Waals surface area contributed by atoms with E-state index in [0.29, 0.717) is 13.1 Å². The second-order valence-corrected chi connectivity index (χ2v) is 5.96. The standard InChI is InChI=1S/C19H22N2O/c22-19(20-12-10-16-6-2-1-3-7-16)15-21-13-11-17-8-4-5-9-18(17)14-21/h1-9H,10-15H2,(H,20,22)/p+1. The molecule has 2 N–H and O–H groups in total. The van der Waals surface area contributed by atoms with Crippen molar-refractivity contribution < 1.29 is 9.69 Å². The van der Waals surface area contributed by atoms with Crippen molar-refractivity contribution in [1.29, 1.82) is 0 Å². The number of hydrogen-bond acceptors (Lipinski definition) is 1. The minimum absolute atomic E-state index is 0.158. The summed E-state index contributed by atoms with van der Waals surface area (Å²) < 4.78 is 0. The van der Waals surface area contributed by atoms with Gasteiger partial charge in [-0.25, -0.2) is 0 Å². The monoisotopic (exact) mass is 295 g/mol. The highest BCUT2D eigenvalue weighted by Gasteiger charge is 2.20. The average Bonchev–Trinajstić information content (AvgIpc) is 2.56. The summed E-state index contributed by atoms with van der Waals surface area (Å²) in [4.78, 5) is 13.4. The molecule has 1 aliphatic rings. The van der Waals surface area contributed by atoms with E-state index in [1.54, 1.807) is 0 Å². The highest BCUT2D eigenvalue weighted by Crippen LogP contribution is 2.10. The number of carbonyl (C=O) groups excluding carboxylic acids is 1. The maximum Gasteiger partial charge on any atom is 0.275 e. The Morgan fingerprint density at radius 3 is 2.55 bits per heavy atom. The molecule has 1 atom stereocenters. The fourth-order valence-corrected chi connectivity index (χ4v) is 3.07. The maximum atomic E-state index is 12.1. The molecule has 3 nitrogen and oxygen atoms in total. The van der Waals surface area contributed by atoms with Crippen molar-refractivity contribution >= 4 is 5.91 Å². The van der Waals surface area contributed by atoms with Crippen LogP contribution in [-0.4, -0.2) is 25.5 Å². The summed E-state index contributed by atoms with van der Waals surface area (Å²) in [7, 11) is 0. The van der Waals surface area contributed by atoms with E-state index in [1.807, 2.05) is 18.2 Å². The van der Waals surface area contributed by atoms with Crippen LogP contribution in [0.1, 0.15) is 16.7 Å². The first-order valence-corrected chi connectivity index (χ1v) is 8.02. The van der Waals surface area contributed by atoms with Gasteiger partial charge in [-0.15, -0.1) is 0 Å². The summed E-state index contributed by atoms with van der Waals surface area (Å²) in [6.07, 6.45) is 1.97. The molecule has 0 spiro atoms. The molecule has 0 bridgehead atoms. The van der Waals surface area contributed by atoms with Crippen LogP contribution in [0, 0.1) is 0 Å². The number of rotatable bonds is 5. The van der Waals surface area contributed by atoms with Gasteiger partial charge in [-0.1, -0.05) is 54.6 Å². The second-order valence-electron chi connectivity index (χ2n) is 5.96. The molecule has 0 aliphatic carbocycles. The van der Waals surface area contributed by atoms with Crippen molar-refractivity contribution in [2.24, 2.45) is 0 Å². The van der Waals surface area contributed by atoms with Crippen molar-refractivity contribution in [3.8, 4) is 0 Å². The average molecular weight is 295 g/mol. The van der Waals surface area contributed by atoms with E-state index in [0.717, 1.165) is 25.9 Å². The Balaban J connectivity index is 1.43. The molecule has 114 valence electrons. The van der Waals surface area contributed by atoms with Gasteiger partial charge in [0.15, 0.2) is 6.54 Å². The van der Waals surface area contributed by atoms with Crippen LogP contribution in [0.25, 0.3) is 0 Å². The molecule has 1 aliphatic heterocycles. The van der Waals surface area contributed by atoms with Crippen LogP contribution in [0.4, 0.5) is 0 Å². The lowest BCUT2D eigenvalue weighted by molar-refractivity contribution is -0.908. The first-order valence-electron chi connectivity index (χ1n) is 8.02. The van der Waals surface area contributed by atoms with Gasteiger partial charge in [-0.05, 0) is 17.5 Å². The van der Waals surface area contributed by atoms with E-state index in [2.05, 4.69) is 41.7 Å². The highest BCUT2D eigenvalue weighted by atomic mass is 16.2. The molecule has 0 radical (unpaired) electrons. The van der Waals surface area contributed by atoms with Gasteiger partial charge in [-0.2, -0.15) is 0 Å². The molecule has 0 saturated carbocycles. The lowest BCUT2D eigenvalue weighted by Gasteiger charge is -2.25. The van der Waals surface area contributed by atoms with Crippen molar-refractivity contribution in [2.75, 3.05) is 19.6 Å². The summed E-state index contributed by atoms with van der Waals surface area (Å²) in [5.74, 6) is 0.158. The van der Waals surface area contributed by atoms with E-state index in [4.69, 9.17) is 0 Å². The van der Waals surface area contributed by atoms with E-state index in [1.165, 1.54) is 21.6 Å². The molecule has 2 aromatic rings. The van der Waals surface area contributed by atoms with Gasteiger partial charge >= 0.3 is 0 Å². The minimum atomic E-state index is 0.158. The van der Waals surface area contributed by atoms with Crippen molar-refractivity contribution in [3.63, 3.8) is 0 Å². The molecule has 3 heteroatoms. The number of nitrogens with one attached hydrogen (secondary N) is 2. The van der Waals surface area contributed by atoms with Crippen LogP contribution in [0.2, 0.25) is 0 Å². The van der Waals surface area contributed by atoms with Crippen LogP contribution < -0.4 is 10.2 Å². The smallest absolute Gasteiger partial charge is 0.275 e. The van der Waals surface area contributed by atoms with Crippen molar-refractivity contribution in [2.45, 2.75) is 19.4 Å². The topological polar surface area (TPSA) is 33.5 Å². The molecule has 3 rings (SSSR count). The first-order chi connectivity index (χ1) is 10.8. The SMILES string of the molecule is O=C(C[NH+]1CCc2ccccc2C1)NCCc1ccccc1. The number of quaternary nitrogens is 1. The van der Waals surface area contributed by atoms with Gasteiger partial charge in [0.25, 0.3) is 5.91 Å². The summed E-state index contributed by atoms with van der Waals surface area (Å²) in [5, 5.41) is 3.04. The normalized spacial score (nSPS) is 16.8. The van der Waals surface area contributed by atoms with Gasteiger partial charge < -0.3 is 10.2 Å². The van der Waals surface area contributed by atoms with Crippen LogP contribution >= 0.6 is 0 Å². The molecule has 22 heavy (non-hydrogen) atoms. The number of amides is 1. The lowest BCUT2D eigenvalue weighted by atomic mass is 10.00. The minimum Gasteiger partial charge on any atom is -0.351 e. The zero-order valence-electron chi connectivity index (χ0n) is 12.8. The zero-order chi connectivity index (χ0) is 15.2. The summed E-state index contributed by atoms with van der Waals surface area (Å²) in [6, 6.07) is 18.8. The third kappa shape index (κ3) is 3.95. The summed E-state index contributed by atoms with van der Waals surface area (Å²) >= 11 is 0. The third-order valence-electron chi connectivity index (χ3n) is 4.30. The van der Waals surface area contributed by atoms with E-state index in [9.17, 15) is 4.79 Å². The Hall–Kier alpha value is -2.13. The van der Waals surface area contributed by atoms with Crippen molar-refractivity contribution in [1.82, 2.24) is 5.32 Å². The largest absolute Gasteiger partial charge is 0.351 e.